The van der Waals surface area contributed by atoms with Crippen molar-refractivity contribution in [3.8, 4) is 0 Å². The van der Waals surface area contributed by atoms with Gasteiger partial charge >= 0.3 is 0 Å². The van der Waals surface area contributed by atoms with Gasteiger partial charge in [0.15, 0.2) is 0 Å². The van der Waals surface area contributed by atoms with Crippen molar-refractivity contribution in [1.29, 1.82) is 0 Å². The van der Waals surface area contributed by atoms with E-state index in [2.05, 4.69) is 19.2 Å². The summed E-state index contributed by atoms with van der Waals surface area (Å²) in [4.78, 5) is 26.8. The maximum absolute atomic E-state index is 12.8. The van der Waals surface area contributed by atoms with Gasteiger partial charge in [-0.25, -0.2) is 0 Å². The molecule has 5 nitrogen and oxygen atoms in total. The topological polar surface area (TPSA) is 75.4 Å². The predicted octanol–water partition coefficient (Wildman–Crippen LogP) is 1.32. The third-order valence-electron chi connectivity index (χ3n) is 4.15. The van der Waals surface area contributed by atoms with Crippen LogP contribution in [0.5, 0.6) is 0 Å². The van der Waals surface area contributed by atoms with Gasteiger partial charge in [0.25, 0.3) is 0 Å². The Bertz CT molecular complexity index is 530. The molecule has 2 unspecified atom stereocenters. The summed E-state index contributed by atoms with van der Waals surface area (Å²) in [7, 11) is 0. The summed E-state index contributed by atoms with van der Waals surface area (Å²) in [6, 6.07) is 8.72. The summed E-state index contributed by atoms with van der Waals surface area (Å²) in [5.41, 5.74) is 7.18. The van der Waals surface area contributed by atoms with E-state index in [-0.39, 0.29) is 11.8 Å². The fraction of sp³-hybridized carbons (Fsp3) is 0.556. The number of hydrogen-bond donors (Lipinski definition) is 2. The van der Waals surface area contributed by atoms with Crippen molar-refractivity contribution in [2.75, 3.05) is 13.1 Å². The van der Waals surface area contributed by atoms with Gasteiger partial charge in [0, 0.05) is 13.1 Å². The Kier molecular flexibility index (Phi) is 6.16. The van der Waals surface area contributed by atoms with Crippen molar-refractivity contribution >= 4 is 11.8 Å². The van der Waals surface area contributed by atoms with Crippen LogP contribution >= 0.6 is 0 Å². The zero-order valence-corrected chi connectivity index (χ0v) is 14.0. The van der Waals surface area contributed by atoms with E-state index in [1.165, 1.54) is 0 Å². The van der Waals surface area contributed by atoms with E-state index < -0.39 is 12.1 Å². The monoisotopic (exact) mass is 317 g/mol. The van der Waals surface area contributed by atoms with Crippen molar-refractivity contribution in [2.45, 2.75) is 45.2 Å². The Labute approximate surface area is 138 Å². The molecule has 1 aliphatic heterocycles. The zero-order chi connectivity index (χ0) is 16.8. The first-order chi connectivity index (χ1) is 11.0. The molecule has 23 heavy (non-hydrogen) atoms. The van der Waals surface area contributed by atoms with Gasteiger partial charge in [0.05, 0.1) is 6.04 Å². The molecule has 0 aliphatic carbocycles. The van der Waals surface area contributed by atoms with Gasteiger partial charge in [-0.15, -0.1) is 0 Å². The molecule has 0 bridgehead atoms. The van der Waals surface area contributed by atoms with E-state index in [9.17, 15) is 9.59 Å². The van der Waals surface area contributed by atoms with Gasteiger partial charge < -0.3 is 16.0 Å². The van der Waals surface area contributed by atoms with E-state index in [0.717, 1.165) is 12.0 Å². The minimum absolute atomic E-state index is 0.0588. The van der Waals surface area contributed by atoms with Crippen molar-refractivity contribution in [2.24, 2.45) is 11.7 Å². The molecule has 2 rings (SSSR count). The first kappa shape index (κ1) is 17.5. The Balaban J connectivity index is 2.11. The molecule has 5 heteroatoms. The first-order valence-corrected chi connectivity index (χ1v) is 8.36. The van der Waals surface area contributed by atoms with Gasteiger partial charge in [0.2, 0.25) is 11.8 Å². The van der Waals surface area contributed by atoms with E-state index in [1.807, 2.05) is 30.3 Å². The van der Waals surface area contributed by atoms with Crippen LogP contribution in [0.25, 0.3) is 0 Å². The van der Waals surface area contributed by atoms with Crippen LogP contribution in [0, 0.1) is 5.92 Å². The average Bonchev–Trinajstić information content (AvgIpc) is 2.69. The molecule has 1 fully saturated rings. The second-order valence-electron chi connectivity index (χ2n) is 6.62. The summed E-state index contributed by atoms with van der Waals surface area (Å²) in [6.45, 7) is 5.32. The van der Waals surface area contributed by atoms with E-state index in [4.69, 9.17) is 5.73 Å². The van der Waals surface area contributed by atoms with Crippen molar-refractivity contribution in [1.82, 2.24) is 10.2 Å². The van der Waals surface area contributed by atoms with Crippen LogP contribution in [0.3, 0.4) is 0 Å². The van der Waals surface area contributed by atoms with Crippen LogP contribution in [0.15, 0.2) is 30.3 Å². The van der Waals surface area contributed by atoms with Crippen molar-refractivity contribution in [3.05, 3.63) is 35.9 Å². The Morgan fingerprint density at radius 3 is 2.70 bits per heavy atom. The first-order valence-electron chi connectivity index (χ1n) is 8.36. The third kappa shape index (κ3) is 4.79. The molecule has 1 aromatic carbocycles. The number of carbonyl (C=O) groups excluding carboxylic acids is 2. The van der Waals surface area contributed by atoms with Gasteiger partial charge in [-0.3, -0.25) is 9.59 Å². The molecule has 2 amide bonds. The lowest BCUT2D eigenvalue weighted by atomic mass is 9.99. The minimum atomic E-state index is -0.613. The SMILES string of the molecule is CC(C)CC1C(=O)NCCCN1C(=O)C(N)Cc1ccccc1. The maximum Gasteiger partial charge on any atom is 0.242 e. The number of hydrogen-bond acceptors (Lipinski definition) is 3. The number of nitrogens with two attached hydrogens (primary N) is 1. The summed E-state index contributed by atoms with van der Waals surface area (Å²) in [6.07, 6.45) is 1.92. The lowest BCUT2D eigenvalue weighted by molar-refractivity contribution is -0.141. The number of carbonyl (C=O) groups is 2. The van der Waals surface area contributed by atoms with Crippen LogP contribution < -0.4 is 11.1 Å². The second kappa shape index (κ2) is 8.11. The van der Waals surface area contributed by atoms with Crippen LogP contribution in [-0.2, 0) is 16.0 Å². The predicted molar refractivity (Wildman–Crippen MR) is 90.7 cm³/mol. The van der Waals surface area contributed by atoms with Gasteiger partial charge in [0.1, 0.15) is 6.04 Å². The quantitative estimate of drug-likeness (QED) is 0.860. The molecule has 1 saturated heterocycles. The van der Waals surface area contributed by atoms with Crippen LogP contribution in [0.2, 0.25) is 0 Å². The fourth-order valence-corrected chi connectivity index (χ4v) is 2.99. The van der Waals surface area contributed by atoms with Crippen LogP contribution in [0.4, 0.5) is 0 Å². The average molecular weight is 317 g/mol. The van der Waals surface area contributed by atoms with Crippen LogP contribution in [-0.4, -0.2) is 41.9 Å². The highest BCUT2D eigenvalue weighted by molar-refractivity contribution is 5.90. The lowest BCUT2D eigenvalue weighted by Gasteiger charge is -2.31. The molecule has 0 radical (unpaired) electrons. The van der Waals surface area contributed by atoms with Gasteiger partial charge in [-0.05, 0) is 30.7 Å². The molecule has 1 heterocycles. The normalized spacial score (nSPS) is 20.1. The lowest BCUT2D eigenvalue weighted by Crippen LogP contribution is -2.53. The molecule has 2 atom stereocenters. The largest absolute Gasteiger partial charge is 0.354 e. The molecule has 0 saturated carbocycles. The summed E-state index contributed by atoms with van der Waals surface area (Å²) in [5, 5.41) is 2.90. The van der Waals surface area contributed by atoms with Gasteiger partial charge in [-0.2, -0.15) is 0 Å². The highest BCUT2D eigenvalue weighted by atomic mass is 16.2. The highest BCUT2D eigenvalue weighted by Gasteiger charge is 2.34. The molecular formula is C18H27N3O2. The number of nitrogens with one attached hydrogen (secondary N) is 1. The summed E-state index contributed by atoms with van der Waals surface area (Å²) in [5.74, 6) is 0.150. The smallest absolute Gasteiger partial charge is 0.242 e. The molecule has 3 N–H and O–H groups in total. The fourth-order valence-electron chi connectivity index (χ4n) is 2.99. The van der Waals surface area contributed by atoms with E-state index in [1.54, 1.807) is 4.90 Å². The number of nitrogens with zero attached hydrogens (tertiary/aromatic N) is 1. The molecule has 0 spiro atoms. The molecular weight excluding hydrogens is 290 g/mol. The summed E-state index contributed by atoms with van der Waals surface area (Å²) < 4.78 is 0. The zero-order valence-electron chi connectivity index (χ0n) is 14.0. The number of rotatable bonds is 5. The minimum Gasteiger partial charge on any atom is -0.354 e. The Morgan fingerprint density at radius 2 is 2.04 bits per heavy atom. The number of amides is 2. The molecule has 1 aromatic rings. The van der Waals surface area contributed by atoms with Crippen LogP contribution in [0.1, 0.15) is 32.3 Å². The number of benzene rings is 1. The third-order valence-corrected chi connectivity index (χ3v) is 4.15. The maximum atomic E-state index is 12.8. The van der Waals surface area contributed by atoms with Crippen molar-refractivity contribution < 1.29 is 9.59 Å². The van der Waals surface area contributed by atoms with Crippen molar-refractivity contribution in [3.63, 3.8) is 0 Å². The standard InChI is InChI=1S/C18H27N3O2/c1-13(2)11-16-17(22)20-9-6-10-21(16)18(23)15(19)12-14-7-4-3-5-8-14/h3-5,7-8,13,15-16H,6,9-12,19H2,1-2H3,(H,20,22). The summed E-state index contributed by atoms with van der Waals surface area (Å²) >= 11 is 0. The Morgan fingerprint density at radius 1 is 1.35 bits per heavy atom. The van der Waals surface area contributed by atoms with E-state index >= 15 is 0 Å². The highest BCUT2D eigenvalue weighted by Crippen LogP contribution is 2.16. The van der Waals surface area contributed by atoms with E-state index in [0.29, 0.717) is 31.8 Å². The van der Waals surface area contributed by atoms with Gasteiger partial charge in [-0.1, -0.05) is 44.2 Å². The molecule has 1 aliphatic rings. The second-order valence-corrected chi connectivity index (χ2v) is 6.62. The molecule has 126 valence electrons. The molecule has 0 aromatic heterocycles. The Hall–Kier alpha value is -1.88.